The van der Waals surface area contributed by atoms with Crippen LogP contribution < -0.4 is 5.32 Å². The molecule has 0 aromatic carbocycles. The highest BCUT2D eigenvalue weighted by Gasteiger charge is 2.52. The Morgan fingerprint density at radius 3 is 1.93 bits per heavy atom. The van der Waals surface area contributed by atoms with Crippen molar-refractivity contribution in [1.82, 2.24) is 5.32 Å². The fourth-order valence-electron chi connectivity index (χ4n) is 3.40. The highest BCUT2D eigenvalue weighted by atomic mass is 16.7. The van der Waals surface area contributed by atoms with E-state index in [1.165, 1.54) is 6.92 Å². The Hall–Kier alpha value is -0.930. The first-order valence-corrected chi connectivity index (χ1v) is 9.75. The first-order valence-electron chi connectivity index (χ1n) is 9.75. The lowest BCUT2D eigenvalue weighted by molar-refractivity contribution is -0.350. The molecule has 7 N–H and O–H groups in total. The summed E-state index contributed by atoms with van der Waals surface area (Å²) in [6.07, 6.45) is -12.8. The maximum atomic E-state index is 11.8. The molecule has 30 heavy (non-hydrogen) atoms. The van der Waals surface area contributed by atoms with Gasteiger partial charge in [-0.15, -0.1) is 0 Å². The second-order valence-electron chi connectivity index (χ2n) is 8.47. The van der Waals surface area contributed by atoms with Crippen molar-refractivity contribution in [3.63, 3.8) is 0 Å². The Morgan fingerprint density at radius 1 is 0.900 bits per heavy atom. The minimum atomic E-state index is -1.72. The molecule has 2 saturated heterocycles. The van der Waals surface area contributed by atoms with Gasteiger partial charge in [0.2, 0.25) is 5.91 Å². The predicted octanol–water partition coefficient (Wildman–Crippen LogP) is -3.43. The molecule has 12 heteroatoms. The third kappa shape index (κ3) is 5.85. The van der Waals surface area contributed by atoms with E-state index in [-0.39, 0.29) is 0 Å². The number of hydrogen-bond donors (Lipinski definition) is 7. The van der Waals surface area contributed by atoms with Crippen molar-refractivity contribution < 1.29 is 54.4 Å². The van der Waals surface area contributed by atoms with E-state index in [9.17, 15) is 35.4 Å². The molecule has 10 atom stereocenters. The van der Waals surface area contributed by atoms with Crippen molar-refractivity contribution in [2.45, 2.75) is 94.6 Å². The summed E-state index contributed by atoms with van der Waals surface area (Å²) in [5.74, 6) is -0.483. The van der Waals surface area contributed by atoms with Crippen molar-refractivity contribution in [3.05, 3.63) is 0 Å². The molecule has 2 rings (SSSR count). The van der Waals surface area contributed by atoms with Gasteiger partial charge in [0, 0.05) is 6.92 Å². The second kappa shape index (κ2) is 10.1. The summed E-state index contributed by atoms with van der Waals surface area (Å²) in [4.78, 5) is 11.8. The van der Waals surface area contributed by atoms with Crippen LogP contribution in [0.5, 0.6) is 0 Å². The lowest BCUT2D eigenvalue weighted by Gasteiger charge is -2.48. The number of hydrogen-bond acceptors (Lipinski definition) is 11. The Bertz CT molecular complexity index is 569. The van der Waals surface area contributed by atoms with Crippen LogP contribution in [0.1, 0.15) is 27.7 Å². The lowest BCUT2D eigenvalue weighted by atomic mass is 9.95. The van der Waals surface area contributed by atoms with Crippen molar-refractivity contribution >= 4 is 5.91 Å². The van der Waals surface area contributed by atoms with Gasteiger partial charge in [0.25, 0.3) is 0 Å². The topological polar surface area (TPSA) is 187 Å². The first kappa shape index (κ1) is 25.3. The average molecular weight is 439 g/mol. The molecule has 6 unspecified atom stereocenters. The minimum absolute atomic E-state index is 0.483. The largest absolute Gasteiger partial charge is 0.394 e. The van der Waals surface area contributed by atoms with Crippen LogP contribution in [-0.2, 0) is 23.7 Å². The van der Waals surface area contributed by atoms with Crippen molar-refractivity contribution in [2.24, 2.45) is 0 Å². The summed E-state index contributed by atoms with van der Waals surface area (Å²) in [6.45, 7) is 5.22. The second-order valence-corrected chi connectivity index (χ2v) is 8.47. The van der Waals surface area contributed by atoms with Crippen LogP contribution >= 0.6 is 0 Å². The third-order valence-electron chi connectivity index (χ3n) is 4.83. The molecule has 2 fully saturated rings. The highest BCUT2D eigenvalue weighted by Crippen LogP contribution is 2.31. The van der Waals surface area contributed by atoms with E-state index < -0.39 is 86.1 Å². The quantitative estimate of drug-likeness (QED) is 0.218. The van der Waals surface area contributed by atoms with Gasteiger partial charge in [0.05, 0.1) is 18.8 Å². The van der Waals surface area contributed by atoms with Gasteiger partial charge in [0.1, 0.15) is 48.8 Å². The highest BCUT2D eigenvalue weighted by molar-refractivity contribution is 5.73. The number of nitrogens with one attached hydrogen (secondary N) is 1. The summed E-state index contributed by atoms with van der Waals surface area (Å²) in [5, 5.41) is 62.4. The van der Waals surface area contributed by atoms with Crippen LogP contribution in [0.2, 0.25) is 0 Å². The third-order valence-corrected chi connectivity index (χ3v) is 4.83. The number of aliphatic hydroxyl groups is 6. The summed E-state index contributed by atoms with van der Waals surface area (Å²) in [6, 6.07) is -1.08. The van der Waals surface area contributed by atoms with Crippen LogP contribution in [-0.4, -0.2) is 117 Å². The summed E-state index contributed by atoms with van der Waals surface area (Å²) in [5.41, 5.74) is -0.725. The van der Waals surface area contributed by atoms with E-state index in [0.717, 1.165) is 0 Å². The molecule has 0 saturated carbocycles. The van der Waals surface area contributed by atoms with E-state index in [0.29, 0.717) is 0 Å². The van der Waals surface area contributed by atoms with Crippen LogP contribution in [0.25, 0.3) is 0 Å². The Labute approximate surface area is 174 Å². The molecule has 12 nitrogen and oxygen atoms in total. The van der Waals surface area contributed by atoms with Crippen molar-refractivity contribution in [1.29, 1.82) is 0 Å². The van der Waals surface area contributed by atoms with Crippen LogP contribution in [0.15, 0.2) is 0 Å². The Morgan fingerprint density at radius 2 is 1.43 bits per heavy atom. The molecule has 1 amide bonds. The van der Waals surface area contributed by atoms with E-state index in [2.05, 4.69) is 5.32 Å². The smallest absolute Gasteiger partial charge is 0.217 e. The van der Waals surface area contributed by atoms with E-state index >= 15 is 0 Å². The molecule has 2 aliphatic rings. The average Bonchev–Trinajstić information content (AvgIpc) is 2.65. The van der Waals surface area contributed by atoms with Crippen LogP contribution in [0.4, 0.5) is 0 Å². The summed E-state index contributed by atoms with van der Waals surface area (Å²) < 4.78 is 22.5. The molecule has 0 bridgehead atoms. The molecule has 0 aromatic heterocycles. The standard InChI is InChI=1S/C18H33NO11/c1-7(22)19-10-15(12(24)9(6-21)27-16(10)30-18(2,3)4)29-17-14(26)13(25)11(23)8(5-20)28-17/h8-17,20-21,23-26H,5-6H2,1-4H3,(H,19,22)/t8?,9?,10?,11?,12?,13-,14?,15+,16+,17-/m0/s1. The molecular weight excluding hydrogens is 406 g/mol. The van der Waals surface area contributed by atoms with Gasteiger partial charge in [-0.05, 0) is 20.8 Å². The van der Waals surface area contributed by atoms with Gasteiger partial charge in [-0.1, -0.05) is 0 Å². The number of aliphatic hydroxyl groups excluding tert-OH is 6. The molecule has 0 spiro atoms. The maximum Gasteiger partial charge on any atom is 0.217 e. The Kier molecular flexibility index (Phi) is 8.55. The summed E-state index contributed by atoms with van der Waals surface area (Å²) in [7, 11) is 0. The van der Waals surface area contributed by atoms with E-state index in [1.807, 2.05) is 0 Å². The SMILES string of the molecule is CC(=O)NC1[C@@H](OC(C)(C)C)OC(CO)C(O)[C@@H]1O[C@@H]1OC(CO)C(O)[C@H](O)C1O. The van der Waals surface area contributed by atoms with Gasteiger partial charge in [-0.25, -0.2) is 0 Å². The number of carbonyl (C=O) groups is 1. The molecule has 2 heterocycles. The van der Waals surface area contributed by atoms with Crippen molar-refractivity contribution in [3.8, 4) is 0 Å². The molecule has 0 aliphatic carbocycles. The molecule has 0 radical (unpaired) electrons. The number of carbonyl (C=O) groups excluding carboxylic acids is 1. The first-order chi connectivity index (χ1) is 13.9. The predicted molar refractivity (Wildman–Crippen MR) is 98.8 cm³/mol. The minimum Gasteiger partial charge on any atom is -0.394 e. The van der Waals surface area contributed by atoms with E-state index in [4.69, 9.17) is 18.9 Å². The summed E-state index contributed by atoms with van der Waals surface area (Å²) >= 11 is 0. The number of amides is 1. The molecule has 2 aliphatic heterocycles. The van der Waals surface area contributed by atoms with E-state index in [1.54, 1.807) is 20.8 Å². The zero-order valence-corrected chi connectivity index (χ0v) is 17.4. The zero-order valence-electron chi connectivity index (χ0n) is 17.4. The Balaban J connectivity index is 2.32. The van der Waals surface area contributed by atoms with Crippen molar-refractivity contribution in [2.75, 3.05) is 13.2 Å². The lowest BCUT2D eigenvalue weighted by Crippen LogP contribution is -2.68. The molecule has 0 aromatic rings. The van der Waals surface area contributed by atoms with Gasteiger partial charge in [-0.2, -0.15) is 0 Å². The number of rotatable bonds is 6. The van der Waals surface area contributed by atoms with Crippen LogP contribution in [0, 0.1) is 0 Å². The molecular formula is C18H33NO11. The van der Waals surface area contributed by atoms with Gasteiger partial charge in [-0.3, -0.25) is 4.79 Å². The normalized spacial score (nSPS) is 42.7. The zero-order chi connectivity index (χ0) is 22.8. The maximum absolute atomic E-state index is 11.8. The molecule has 176 valence electrons. The van der Waals surface area contributed by atoms with Gasteiger partial charge in [0.15, 0.2) is 12.6 Å². The fraction of sp³-hybridized carbons (Fsp3) is 0.944. The number of ether oxygens (including phenoxy) is 4. The van der Waals surface area contributed by atoms with Crippen LogP contribution in [0.3, 0.4) is 0 Å². The van der Waals surface area contributed by atoms with Gasteiger partial charge >= 0.3 is 0 Å². The fourth-order valence-corrected chi connectivity index (χ4v) is 3.40. The monoisotopic (exact) mass is 439 g/mol. The van der Waals surface area contributed by atoms with Gasteiger partial charge < -0.3 is 54.9 Å².